The molecule has 0 bridgehead atoms. The zero-order valence-electron chi connectivity index (χ0n) is 14.4. The molecule has 1 unspecified atom stereocenters. The fourth-order valence-electron chi connectivity index (χ4n) is 1.65. The molecule has 1 aromatic carbocycles. The molecule has 4 N–H and O–H groups in total. The third-order valence-electron chi connectivity index (χ3n) is 3.19. The van der Waals surface area contributed by atoms with Crippen LogP contribution in [0.1, 0.15) is 33.3 Å². The van der Waals surface area contributed by atoms with Gasteiger partial charge in [0.15, 0.2) is 11.5 Å². The van der Waals surface area contributed by atoms with Crippen LogP contribution in [0.25, 0.3) is 0 Å². The summed E-state index contributed by atoms with van der Waals surface area (Å²) in [5.41, 5.74) is 11.4. The number of amides is 1. The summed E-state index contributed by atoms with van der Waals surface area (Å²) in [6.07, 6.45) is 0.181. The predicted molar refractivity (Wildman–Crippen MR) is 88.3 cm³/mol. The fraction of sp³-hybridized carbons (Fsp3) is 0.471. The fourth-order valence-corrected chi connectivity index (χ4v) is 1.65. The molecule has 0 aromatic heterocycles. The Morgan fingerprint density at radius 1 is 0.958 bits per heavy atom. The SMILES string of the molecule is CC(C)C(=O)Oc1ccc(CC(N)C(N)=O)cc1OC(=O)C(C)C. The van der Waals surface area contributed by atoms with Crippen molar-refractivity contribution in [2.24, 2.45) is 23.3 Å². The zero-order chi connectivity index (χ0) is 18.4. The van der Waals surface area contributed by atoms with Crippen LogP contribution >= 0.6 is 0 Å². The number of carbonyl (C=O) groups excluding carboxylic acids is 3. The number of hydrogen-bond donors (Lipinski definition) is 2. The molecule has 24 heavy (non-hydrogen) atoms. The molecule has 0 spiro atoms. The molecule has 1 aromatic rings. The second kappa shape index (κ2) is 8.44. The topological polar surface area (TPSA) is 122 Å². The normalized spacial score (nSPS) is 12.1. The number of rotatable bonds is 7. The van der Waals surface area contributed by atoms with Crippen molar-refractivity contribution < 1.29 is 23.9 Å². The Labute approximate surface area is 141 Å². The molecular formula is C17H24N2O5. The van der Waals surface area contributed by atoms with Gasteiger partial charge in [-0.2, -0.15) is 0 Å². The highest BCUT2D eigenvalue weighted by atomic mass is 16.6. The molecule has 132 valence electrons. The average molecular weight is 336 g/mol. The van der Waals surface area contributed by atoms with E-state index in [1.807, 2.05) is 0 Å². The first-order chi connectivity index (χ1) is 11.1. The van der Waals surface area contributed by atoms with Crippen molar-refractivity contribution in [3.05, 3.63) is 23.8 Å². The lowest BCUT2D eigenvalue weighted by molar-refractivity contribution is -0.140. The first-order valence-corrected chi connectivity index (χ1v) is 7.73. The number of carbonyl (C=O) groups is 3. The summed E-state index contributed by atoms with van der Waals surface area (Å²) in [5.74, 6) is -1.98. The summed E-state index contributed by atoms with van der Waals surface area (Å²) >= 11 is 0. The largest absolute Gasteiger partial charge is 0.422 e. The maximum Gasteiger partial charge on any atom is 0.313 e. The molecule has 1 amide bonds. The number of benzene rings is 1. The number of esters is 2. The van der Waals surface area contributed by atoms with Crippen molar-refractivity contribution in [1.29, 1.82) is 0 Å². The van der Waals surface area contributed by atoms with E-state index in [0.717, 1.165) is 0 Å². The van der Waals surface area contributed by atoms with Crippen LogP contribution in [0.5, 0.6) is 11.5 Å². The maximum atomic E-state index is 11.9. The minimum Gasteiger partial charge on any atom is -0.422 e. The Balaban J connectivity index is 3.11. The number of primary amides is 1. The third kappa shape index (κ3) is 5.66. The van der Waals surface area contributed by atoms with Crippen molar-refractivity contribution in [2.45, 2.75) is 40.2 Å². The van der Waals surface area contributed by atoms with Crippen LogP contribution < -0.4 is 20.9 Å². The molecule has 0 saturated heterocycles. The van der Waals surface area contributed by atoms with Crippen LogP contribution in [-0.4, -0.2) is 23.9 Å². The number of ether oxygens (including phenoxy) is 2. The monoisotopic (exact) mass is 336 g/mol. The summed E-state index contributed by atoms with van der Waals surface area (Å²) in [5, 5.41) is 0. The van der Waals surface area contributed by atoms with Gasteiger partial charge in [0, 0.05) is 0 Å². The molecule has 0 aliphatic rings. The Hall–Kier alpha value is -2.41. The first kappa shape index (κ1) is 19.6. The Morgan fingerprint density at radius 2 is 1.46 bits per heavy atom. The van der Waals surface area contributed by atoms with Crippen LogP contribution in [0.15, 0.2) is 18.2 Å². The van der Waals surface area contributed by atoms with Crippen LogP contribution in [-0.2, 0) is 20.8 Å². The van der Waals surface area contributed by atoms with Gasteiger partial charge in [0.2, 0.25) is 5.91 Å². The van der Waals surface area contributed by atoms with Crippen LogP contribution in [0.3, 0.4) is 0 Å². The van der Waals surface area contributed by atoms with E-state index in [0.29, 0.717) is 5.56 Å². The smallest absolute Gasteiger partial charge is 0.313 e. The molecule has 0 heterocycles. The highest BCUT2D eigenvalue weighted by Gasteiger charge is 2.19. The van der Waals surface area contributed by atoms with Gasteiger partial charge in [0.25, 0.3) is 0 Å². The summed E-state index contributed by atoms with van der Waals surface area (Å²) < 4.78 is 10.6. The molecule has 1 atom stereocenters. The molecular weight excluding hydrogens is 312 g/mol. The van der Waals surface area contributed by atoms with Gasteiger partial charge < -0.3 is 20.9 Å². The van der Waals surface area contributed by atoms with E-state index >= 15 is 0 Å². The second-order valence-electron chi connectivity index (χ2n) is 6.15. The van der Waals surface area contributed by atoms with E-state index in [2.05, 4.69) is 0 Å². The molecule has 0 aliphatic heterocycles. The second-order valence-corrected chi connectivity index (χ2v) is 6.15. The lowest BCUT2D eigenvalue weighted by Crippen LogP contribution is -2.38. The van der Waals surface area contributed by atoms with E-state index in [1.54, 1.807) is 33.8 Å². The van der Waals surface area contributed by atoms with Gasteiger partial charge in [-0.3, -0.25) is 14.4 Å². The molecule has 0 radical (unpaired) electrons. The molecule has 7 nitrogen and oxygen atoms in total. The van der Waals surface area contributed by atoms with Gasteiger partial charge in [0.1, 0.15) is 0 Å². The highest BCUT2D eigenvalue weighted by molar-refractivity contribution is 5.80. The number of hydrogen-bond acceptors (Lipinski definition) is 6. The van der Waals surface area contributed by atoms with E-state index in [9.17, 15) is 14.4 Å². The predicted octanol–water partition coefficient (Wildman–Crippen LogP) is 1.16. The zero-order valence-corrected chi connectivity index (χ0v) is 14.4. The summed E-state index contributed by atoms with van der Waals surface area (Å²) in [6, 6.07) is 3.80. The summed E-state index contributed by atoms with van der Waals surface area (Å²) in [4.78, 5) is 34.7. The van der Waals surface area contributed by atoms with E-state index in [1.165, 1.54) is 12.1 Å². The summed E-state index contributed by atoms with van der Waals surface area (Å²) in [6.45, 7) is 6.77. The van der Waals surface area contributed by atoms with Gasteiger partial charge in [-0.05, 0) is 24.1 Å². The van der Waals surface area contributed by atoms with Crippen LogP contribution in [0, 0.1) is 11.8 Å². The van der Waals surface area contributed by atoms with Gasteiger partial charge in [0.05, 0.1) is 17.9 Å². The Morgan fingerprint density at radius 3 is 1.92 bits per heavy atom. The van der Waals surface area contributed by atoms with E-state index in [4.69, 9.17) is 20.9 Å². The van der Waals surface area contributed by atoms with Crippen molar-refractivity contribution in [3.63, 3.8) is 0 Å². The molecule has 0 saturated carbocycles. The molecule has 0 fully saturated rings. The van der Waals surface area contributed by atoms with Gasteiger partial charge in [-0.15, -0.1) is 0 Å². The lowest BCUT2D eigenvalue weighted by Gasteiger charge is -2.15. The third-order valence-corrected chi connectivity index (χ3v) is 3.19. The standard InChI is InChI=1S/C17H24N2O5/c1-9(2)16(21)23-13-6-5-11(7-12(18)15(19)20)8-14(13)24-17(22)10(3)4/h5-6,8-10,12H,7,18H2,1-4H3,(H2,19,20). The quantitative estimate of drug-likeness (QED) is 0.569. The Bertz CT molecular complexity index is 625. The first-order valence-electron chi connectivity index (χ1n) is 7.73. The highest BCUT2D eigenvalue weighted by Crippen LogP contribution is 2.30. The summed E-state index contributed by atoms with van der Waals surface area (Å²) in [7, 11) is 0. The van der Waals surface area contributed by atoms with Crippen molar-refractivity contribution in [1.82, 2.24) is 0 Å². The van der Waals surface area contributed by atoms with Gasteiger partial charge in [-0.25, -0.2) is 0 Å². The van der Waals surface area contributed by atoms with Crippen molar-refractivity contribution in [3.8, 4) is 11.5 Å². The molecule has 1 rings (SSSR count). The van der Waals surface area contributed by atoms with Gasteiger partial charge >= 0.3 is 11.9 Å². The van der Waals surface area contributed by atoms with Crippen LogP contribution in [0.2, 0.25) is 0 Å². The lowest BCUT2D eigenvalue weighted by atomic mass is 10.1. The Kier molecular flexibility index (Phi) is 6.91. The van der Waals surface area contributed by atoms with Crippen LogP contribution in [0.4, 0.5) is 0 Å². The molecule has 0 aliphatic carbocycles. The minimum absolute atomic E-state index is 0.108. The van der Waals surface area contributed by atoms with Crippen molar-refractivity contribution in [2.75, 3.05) is 0 Å². The average Bonchev–Trinajstić information content (AvgIpc) is 2.49. The minimum atomic E-state index is -0.859. The van der Waals surface area contributed by atoms with Crippen molar-refractivity contribution >= 4 is 17.8 Å². The van der Waals surface area contributed by atoms with E-state index in [-0.39, 0.29) is 29.8 Å². The van der Waals surface area contributed by atoms with E-state index < -0.39 is 23.9 Å². The number of nitrogens with two attached hydrogens (primary N) is 2. The van der Waals surface area contributed by atoms with Gasteiger partial charge in [-0.1, -0.05) is 33.8 Å². The maximum absolute atomic E-state index is 11.9. The molecule has 7 heteroatoms.